The minimum atomic E-state index is -1.33. The van der Waals surface area contributed by atoms with Crippen LogP contribution in [0.15, 0.2) is 30.3 Å². The predicted octanol–water partition coefficient (Wildman–Crippen LogP) is 4.56. The van der Waals surface area contributed by atoms with Gasteiger partial charge in [-0.2, -0.15) is 0 Å². The average Bonchev–Trinajstić information content (AvgIpc) is 2.48. The number of carbonyl (C=O) groups excluding carboxylic acids is 1. The molecule has 0 aliphatic carbocycles. The van der Waals surface area contributed by atoms with Crippen LogP contribution in [0.3, 0.4) is 0 Å². The first-order chi connectivity index (χ1) is 11.5. The molecule has 1 amide bonds. The standard InChI is InChI=1S/C19H26INO4/c1-17(2,3)25-16(22)21-19(23-12-18(4,5)13-24-19)11-10-14-6-8-15(20)9-7-14/h6-11H,12-13H2,1-5H3,(H,21,22)/b11-10+. The smallest absolute Gasteiger partial charge is 0.412 e. The van der Waals surface area contributed by atoms with E-state index in [1.807, 2.05) is 65.0 Å². The van der Waals surface area contributed by atoms with Crippen molar-refractivity contribution in [2.75, 3.05) is 13.2 Å². The van der Waals surface area contributed by atoms with Gasteiger partial charge in [-0.3, -0.25) is 5.32 Å². The van der Waals surface area contributed by atoms with Crippen molar-refractivity contribution in [2.45, 2.75) is 46.1 Å². The molecule has 0 unspecified atom stereocenters. The van der Waals surface area contributed by atoms with E-state index in [1.54, 1.807) is 6.08 Å². The van der Waals surface area contributed by atoms with Crippen LogP contribution in [0.5, 0.6) is 0 Å². The molecule has 1 heterocycles. The molecule has 0 spiro atoms. The molecule has 1 saturated heterocycles. The maximum absolute atomic E-state index is 12.2. The molecule has 1 N–H and O–H groups in total. The molecule has 6 heteroatoms. The molecule has 1 aromatic rings. The van der Waals surface area contributed by atoms with E-state index in [-0.39, 0.29) is 5.41 Å². The van der Waals surface area contributed by atoms with E-state index in [4.69, 9.17) is 14.2 Å². The minimum Gasteiger partial charge on any atom is -0.444 e. The molecule has 0 saturated carbocycles. The number of nitrogens with one attached hydrogen (secondary N) is 1. The minimum absolute atomic E-state index is 0.115. The Bertz CT molecular complexity index is 622. The zero-order valence-electron chi connectivity index (χ0n) is 15.4. The van der Waals surface area contributed by atoms with Crippen molar-refractivity contribution < 1.29 is 19.0 Å². The second-order valence-corrected chi connectivity index (χ2v) is 9.17. The van der Waals surface area contributed by atoms with E-state index < -0.39 is 17.6 Å². The molecule has 1 aliphatic heterocycles. The molecule has 0 bridgehead atoms. The largest absolute Gasteiger partial charge is 0.444 e. The summed E-state index contributed by atoms with van der Waals surface area (Å²) in [4.78, 5) is 12.2. The molecule has 138 valence electrons. The van der Waals surface area contributed by atoms with Gasteiger partial charge in [0.1, 0.15) is 5.60 Å². The molecule has 1 fully saturated rings. The Kier molecular flexibility index (Phi) is 6.17. The van der Waals surface area contributed by atoms with E-state index in [9.17, 15) is 4.79 Å². The van der Waals surface area contributed by atoms with Crippen LogP contribution in [0.25, 0.3) is 6.08 Å². The molecule has 25 heavy (non-hydrogen) atoms. The number of rotatable bonds is 3. The van der Waals surface area contributed by atoms with Crippen LogP contribution < -0.4 is 5.32 Å². The van der Waals surface area contributed by atoms with E-state index in [0.29, 0.717) is 13.2 Å². The lowest BCUT2D eigenvalue weighted by Crippen LogP contribution is -2.57. The average molecular weight is 459 g/mol. The summed E-state index contributed by atoms with van der Waals surface area (Å²) in [6.07, 6.45) is 3.00. The van der Waals surface area contributed by atoms with Gasteiger partial charge in [-0.05, 0) is 67.1 Å². The van der Waals surface area contributed by atoms with E-state index in [0.717, 1.165) is 9.13 Å². The molecule has 1 aromatic carbocycles. The molecule has 0 radical (unpaired) electrons. The molecule has 2 rings (SSSR count). The second-order valence-electron chi connectivity index (χ2n) is 7.92. The first kappa shape index (κ1) is 20.2. The molecular formula is C19H26INO4. The van der Waals surface area contributed by atoms with Crippen LogP contribution in [-0.2, 0) is 14.2 Å². The molecule has 5 nitrogen and oxygen atoms in total. The lowest BCUT2D eigenvalue weighted by atomic mass is 9.95. The van der Waals surface area contributed by atoms with Gasteiger partial charge in [0, 0.05) is 8.99 Å². The summed E-state index contributed by atoms with van der Waals surface area (Å²) < 4.78 is 18.3. The van der Waals surface area contributed by atoms with Crippen LogP contribution in [-0.4, -0.2) is 30.8 Å². The highest BCUT2D eigenvalue weighted by molar-refractivity contribution is 14.1. The normalized spacial score (nSPS) is 19.6. The first-order valence-corrected chi connectivity index (χ1v) is 9.30. The van der Waals surface area contributed by atoms with Gasteiger partial charge < -0.3 is 14.2 Å². The van der Waals surface area contributed by atoms with Gasteiger partial charge in [0.2, 0.25) is 0 Å². The van der Waals surface area contributed by atoms with Gasteiger partial charge in [0.15, 0.2) is 0 Å². The Morgan fingerprint density at radius 2 is 1.76 bits per heavy atom. The van der Waals surface area contributed by atoms with Crippen LogP contribution in [0.4, 0.5) is 4.79 Å². The summed E-state index contributed by atoms with van der Waals surface area (Å²) in [5.41, 5.74) is 0.275. The number of benzene rings is 1. The Morgan fingerprint density at radius 3 is 2.28 bits per heavy atom. The Morgan fingerprint density at radius 1 is 1.20 bits per heavy atom. The zero-order chi connectivity index (χ0) is 18.7. The Hall–Kier alpha value is -1.12. The van der Waals surface area contributed by atoms with Gasteiger partial charge in [0.25, 0.3) is 5.91 Å². The topological polar surface area (TPSA) is 56.8 Å². The highest BCUT2D eigenvalue weighted by Gasteiger charge is 2.41. The van der Waals surface area contributed by atoms with Gasteiger partial charge in [-0.25, -0.2) is 4.79 Å². The predicted molar refractivity (Wildman–Crippen MR) is 106 cm³/mol. The summed E-state index contributed by atoms with van der Waals surface area (Å²) in [6, 6.07) is 8.01. The summed E-state index contributed by atoms with van der Waals surface area (Å²) in [5.74, 6) is -1.33. The van der Waals surface area contributed by atoms with Gasteiger partial charge in [-0.15, -0.1) is 0 Å². The fourth-order valence-corrected chi connectivity index (χ4v) is 2.48. The summed E-state index contributed by atoms with van der Waals surface area (Å²) >= 11 is 2.26. The van der Waals surface area contributed by atoms with Crippen molar-refractivity contribution in [1.82, 2.24) is 5.32 Å². The zero-order valence-corrected chi connectivity index (χ0v) is 17.5. The summed E-state index contributed by atoms with van der Waals surface area (Å²) in [7, 11) is 0. The van der Waals surface area contributed by atoms with E-state index >= 15 is 0 Å². The van der Waals surface area contributed by atoms with Crippen molar-refractivity contribution in [3.05, 3.63) is 39.5 Å². The fraction of sp³-hybridized carbons (Fsp3) is 0.526. The van der Waals surface area contributed by atoms with Crippen molar-refractivity contribution in [3.8, 4) is 0 Å². The van der Waals surface area contributed by atoms with Gasteiger partial charge in [0.05, 0.1) is 13.2 Å². The molecule has 0 aromatic heterocycles. The third-order valence-electron chi connectivity index (χ3n) is 3.40. The van der Waals surface area contributed by atoms with E-state index in [1.165, 1.54) is 0 Å². The monoisotopic (exact) mass is 459 g/mol. The van der Waals surface area contributed by atoms with Crippen LogP contribution >= 0.6 is 22.6 Å². The number of amides is 1. The number of alkyl carbamates (subject to hydrolysis) is 1. The quantitative estimate of drug-likeness (QED) is 0.674. The van der Waals surface area contributed by atoms with Crippen molar-refractivity contribution >= 4 is 34.8 Å². The van der Waals surface area contributed by atoms with Crippen LogP contribution in [0, 0.1) is 8.99 Å². The van der Waals surface area contributed by atoms with Crippen molar-refractivity contribution in [1.29, 1.82) is 0 Å². The van der Waals surface area contributed by atoms with Crippen LogP contribution in [0.1, 0.15) is 40.2 Å². The highest BCUT2D eigenvalue weighted by Crippen LogP contribution is 2.29. The van der Waals surface area contributed by atoms with Crippen LogP contribution in [0.2, 0.25) is 0 Å². The summed E-state index contributed by atoms with van der Waals surface area (Å²) in [5, 5.41) is 2.71. The number of halogens is 1. The number of hydrogen-bond acceptors (Lipinski definition) is 4. The Balaban J connectivity index is 2.17. The third-order valence-corrected chi connectivity index (χ3v) is 4.11. The number of hydrogen-bond donors (Lipinski definition) is 1. The second kappa shape index (κ2) is 7.63. The van der Waals surface area contributed by atoms with Gasteiger partial charge in [-0.1, -0.05) is 32.1 Å². The van der Waals surface area contributed by atoms with Gasteiger partial charge >= 0.3 is 6.09 Å². The number of ether oxygens (including phenoxy) is 3. The van der Waals surface area contributed by atoms with Crippen molar-refractivity contribution in [2.24, 2.45) is 5.41 Å². The molecule has 1 aliphatic rings. The maximum Gasteiger partial charge on any atom is 0.412 e. The third kappa shape index (κ3) is 6.60. The number of carbonyl (C=O) groups is 1. The lowest BCUT2D eigenvalue weighted by Gasteiger charge is -2.41. The molecule has 0 atom stereocenters. The molecular weight excluding hydrogens is 433 g/mol. The SMILES string of the molecule is CC1(C)COC(/C=C/c2ccc(I)cc2)(NC(=O)OC(C)(C)C)OC1. The van der Waals surface area contributed by atoms with Crippen molar-refractivity contribution in [3.63, 3.8) is 0 Å². The summed E-state index contributed by atoms with van der Waals surface area (Å²) in [6.45, 7) is 10.4. The fourth-order valence-electron chi connectivity index (χ4n) is 2.12. The maximum atomic E-state index is 12.2. The highest BCUT2D eigenvalue weighted by atomic mass is 127. The lowest BCUT2D eigenvalue weighted by molar-refractivity contribution is -0.282. The van der Waals surface area contributed by atoms with E-state index in [2.05, 4.69) is 27.9 Å². The Labute approximate surface area is 163 Å². The first-order valence-electron chi connectivity index (χ1n) is 8.23.